The Bertz CT molecular complexity index is 554. The van der Waals surface area contributed by atoms with E-state index >= 15 is 0 Å². The van der Waals surface area contributed by atoms with Crippen LogP contribution in [0, 0.1) is 5.92 Å². The lowest BCUT2D eigenvalue weighted by Crippen LogP contribution is -2.43. The minimum Gasteiger partial charge on any atom is -0.356 e. The summed E-state index contributed by atoms with van der Waals surface area (Å²) in [7, 11) is 0. The van der Waals surface area contributed by atoms with Crippen molar-refractivity contribution in [1.82, 2.24) is 10.2 Å². The van der Waals surface area contributed by atoms with E-state index in [2.05, 4.69) is 28.2 Å². The van der Waals surface area contributed by atoms with E-state index < -0.39 is 0 Å². The summed E-state index contributed by atoms with van der Waals surface area (Å²) >= 11 is 3.43. The fourth-order valence-corrected chi connectivity index (χ4v) is 3.50. The Morgan fingerprint density at radius 1 is 1.25 bits per heavy atom. The summed E-state index contributed by atoms with van der Waals surface area (Å²) in [4.78, 5) is 26.4. The molecule has 1 aliphatic rings. The van der Waals surface area contributed by atoms with Crippen molar-refractivity contribution in [3.63, 3.8) is 0 Å². The highest BCUT2D eigenvalue weighted by atomic mass is 79.9. The van der Waals surface area contributed by atoms with E-state index in [1.165, 1.54) is 0 Å². The van der Waals surface area contributed by atoms with E-state index in [4.69, 9.17) is 0 Å². The third-order valence-corrected chi connectivity index (χ3v) is 5.04. The Labute approximate surface area is 153 Å². The Kier molecular flexibility index (Phi) is 7.76. The van der Waals surface area contributed by atoms with E-state index in [9.17, 15) is 9.59 Å². The minimum absolute atomic E-state index is 0.0570. The molecule has 1 aromatic rings. The average Bonchev–Trinajstić information content (AvgIpc) is 2.58. The van der Waals surface area contributed by atoms with Gasteiger partial charge in [0.15, 0.2) is 0 Å². The number of hydrogen-bond donors (Lipinski definition) is 1. The van der Waals surface area contributed by atoms with Gasteiger partial charge >= 0.3 is 0 Å². The third kappa shape index (κ3) is 5.93. The van der Waals surface area contributed by atoms with Gasteiger partial charge in [-0.3, -0.25) is 9.59 Å². The van der Waals surface area contributed by atoms with Gasteiger partial charge in [-0.2, -0.15) is 0 Å². The van der Waals surface area contributed by atoms with Crippen LogP contribution in [0.5, 0.6) is 0 Å². The summed E-state index contributed by atoms with van der Waals surface area (Å²) in [5, 5.41) is 3.03. The maximum absolute atomic E-state index is 12.4. The smallest absolute Gasteiger partial charge is 0.226 e. The number of amides is 2. The number of likely N-dealkylation sites (tertiary alicyclic amines) is 1. The number of carbonyl (C=O) groups excluding carboxylic acids is 2. The van der Waals surface area contributed by atoms with Gasteiger partial charge in [0.05, 0.1) is 6.42 Å². The highest BCUT2D eigenvalue weighted by Crippen LogP contribution is 2.19. The Hall–Kier alpha value is -1.36. The van der Waals surface area contributed by atoms with Crippen LogP contribution in [0.25, 0.3) is 0 Å². The van der Waals surface area contributed by atoms with E-state index in [1.54, 1.807) is 0 Å². The van der Waals surface area contributed by atoms with Gasteiger partial charge in [0.25, 0.3) is 0 Å². The Morgan fingerprint density at radius 2 is 2.00 bits per heavy atom. The molecule has 5 heteroatoms. The molecule has 1 aromatic carbocycles. The molecule has 0 saturated carbocycles. The number of nitrogens with zero attached hydrogens (tertiary/aromatic N) is 1. The van der Waals surface area contributed by atoms with Crippen LogP contribution in [0.2, 0.25) is 0 Å². The molecule has 24 heavy (non-hydrogen) atoms. The second kappa shape index (κ2) is 9.82. The summed E-state index contributed by atoms with van der Waals surface area (Å²) in [6.45, 7) is 4.29. The summed E-state index contributed by atoms with van der Waals surface area (Å²) < 4.78 is 0.992. The van der Waals surface area contributed by atoms with Gasteiger partial charge in [0.2, 0.25) is 11.8 Å². The molecule has 2 rings (SSSR count). The number of nitrogens with one attached hydrogen (secondary N) is 1. The zero-order chi connectivity index (χ0) is 17.4. The van der Waals surface area contributed by atoms with Crippen molar-refractivity contribution in [3.8, 4) is 0 Å². The first-order valence-corrected chi connectivity index (χ1v) is 9.69. The minimum atomic E-state index is 0.0570. The van der Waals surface area contributed by atoms with Gasteiger partial charge in [0, 0.05) is 30.0 Å². The SMILES string of the molecule is CCCCCNC(=O)C1CCN(C(=O)Cc2cccc(Br)c2)CC1. The summed E-state index contributed by atoms with van der Waals surface area (Å²) in [5.41, 5.74) is 1.02. The van der Waals surface area contributed by atoms with Gasteiger partial charge in [-0.05, 0) is 37.0 Å². The number of rotatable bonds is 7. The van der Waals surface area contributed by atoms with Crippen molar-refractivity contribution in [2.45, 2.75) is 45.4 Å². The highest BCUT2D eigenvalue weighted by molar-refractivity contribution is 9.10. The van der Waals surface area contributed by atoms with Crippen LogP contribution in [0.1, 0.15) is 44.6 Å². The van der Waals surface area contributed by atoms with Crippen LogP contribution < -0.4 is 5.32 Å². The molecule has 1 fully saturated rings. The lowest BCUT2D eigenvalue weighted by Gasteiger charge is -2.31. The molecule has 1 heterocycles. The second-order valence-electron chi connectivity index (χ2n) is 6.46. The average molecular weight is 395 g/mol. The molecule has 1 aliphatic heterocycles. The summed E-state index contributed by atoms with van der Waals surface area (Å²) in [6, 6.07) is 7.86. The van der Waals surface area contributed by atoms with Crippen molar-refractivity contribution in [1.29, 1.82) is 0 Å². The molecular weight excluding hydrogens is 368 g/mol. The Morgan fingerprint density at radius 3 is 2.67 bits per heavy atom. The maximum Gasteiger partial charge on any atom is 0.226 e. The topological polar surface area (TPSA) is 49.4 Å². The monoisotopic (exact) mass is 394 g/mol. The molecule has 4 nitrogen and oxygen atoms in total. The molecule has 0 aromatic heterocycles. The lowest BCUT2D eigenvalue weighted by molar-refractivity contribution is -0.135. The zero-order valence-electron chi connectivity index (χ0n) is 14.4. The van der Waals surface area contributed by atoms with Crippen LogP contribution in [-0.4, -0.2) is 36.3 Å². The number of benzene rings is 1. The first-order chi connectivity index (χ1) is 11.6. The van der Waals surface area contributed by atoms with E-state index in [-0.39, 0.29) is 17.7 Å². The normalized spacial score (nSPS) is 15.3. The van der Waals surface area contributed by atoms with E-state index in [1.807, 2.05) is 29.2 Å². The molecule has 0 spiro atoms. The fraction of sp³-hybridized carbons (Fsp3) is 0.579. The predicted molar refractivity (Wildman–Crippen MR) is 99.7 cm³/mol. The molecule has 0 unspecified atom stereocenters. The third-order valence-electron chi connectivity index (χ3n) is 4.54. The first kappa shape index (κ1) is 19.0. The van der Waals surface area contributed by atoms with E-state index in [0.717, 1.165) is 48.7 Å². The number of unbranched alkanes of at least 4 members (excludes halogenated alkanes) is 2. The number of piperidine rings is 1. The fourth-order valence-electron chi connectivity index (χ4n) is 3.06. The van der Waals surface area contributed by atoms with Crippen molar-refractivity contribution in [2.75, 3.05) is 19.6 Å². The number of halogens is 1. The van der Waals surface area contributed by atoms with Crippen molar-refractivity contribution in [2.24, 2.45) is 5.92 Å². The lowest BCUT2D eigenvalue weighted by atomic mass is 9.95. The largest absolute Gasteiger partial charge is 0.356 e. The number of carbonyl (C=O) groups is 2. The maximum atomic E-state index is 12.4. The quantitative estimate of drug-likeness (QED) is 0.718. The van der Waals surface area contributed by atoms with Gasteiger partial charge in [-0.15, -0.1) is 0 Å². The van der Waals surface area contributed by atoms with Crippen molar-refractivity contribution in [3.05, 3.63) is 34.3 Å². The van der Waals surface area contributed by atoms with Gasteiger partial charge < -0.3 is 10.2 Å². The van der Waals surface area contributed by atoms with Crippen LogP contribution in [0.15, 0.2) is 28.7 Å². The molecule has 0 aliphatic carbocycles. The zero-order valence-corrected chi connectivity index (χ0v) is 16.0. The summed E-state index contributed by atoms with van der Waals surface area (Å²) in [6.07, 6.45) is 5.32. The standard InChI is InChI=1S/C19H27BrN2O2/c1-2-3-4-10-21-19(24)16-8-11-22(12-9-16)18(23)14-15-6-5-7-17(20)13-15/h5-7,13,16H,2-4,8-12,14H2,1H3,(H,21,24). The molecular formula is C19H27BrN2O2. The summed E-state index contributed by atoms with van der Waals surface area (Å²) in [5.74, 6) is 0.363. The molecule has 0 bridgehead atoms. The first-order valence-electron chi connectivity index (χ1n) is 8.90. The van der Waals surface area contributed by atoms with Crippen molar-refractivity contribution >= 4 is 27.7 Å². The molecule has 0 atom stereocenters. The van der Waals surface area contributed by atoms with Gasteiger partial charge in [0.1, 0.15) is 0 Å². The molecule has 132 valence electrons. The molecule has 1 N–H and O–H groups in total. The number of hydrogen-bond acceptors (Lipinski definition) is 2. The van der Waals surface area contributed by atoms with Gasteiger partial charge in [-0.25, -0.2) is 0 Å². The van der Waals surface area contributed by atoms with Crippen LogP contribution >= 0.6 is 15.9 Å². The molecule has 1 saturated heterocycles. The van der Waals surface area contributed by atoms with Crippen molar-refractivity contribution < 1.29 is 9.59 Å². The van der Waals surface area contributed by atoms with E-state index in [0.29, 0.717) is 19.5 Å². The van der Waals surface area contributed by atoms with Crippen LogP contribution in [-0.2, 0) is 16.0 Å². The van der Waals surface area contributed by atoms with Gasteiger partial charge in [-0.1, -0.05) is 47.8 Å². The predicted octanol–water partition coefficient (Wildman–Crippen LogP) is 3.54. The highest BCUT2D eigenvalue weighted by Gasteiger charge is 2.27. The Balaban J connectivity index is 1.73. The van der Waals surface area contributed by atoms with Crippen LogP contribution in [0.4, 0.5) is 0 Å². The second-order valence-corrected chi connectivity index (χ2v) is 7.38. The molecule has 2 amide bonds. The van der Waals surface area contributed by atoms with Crippen LogP contribution in [0.3, 0.4) is 0 Å². The molecule has 0 radical (unpaired) electrons.